The first-order chi connectivity index (χ1) is 10.2. The van der Waals surface area contributed by atoms with E-state index in [1.54, 1.807) is 0 Å². The van der Waals surface area contributed by atoms with Crippen LogP contribution in [0.3, 0.4) is 0 Å². The molecule has 1 aliphatic heterocycles. The minimum Gasteiger partial charge on any atom is -0.341 e. The van der Waals surface area contributed by atoms with E-state index in [-0.39, 0.29) is 0 Å². The Morgan fingerprint density at radius 3 is 2.48 bits per heavy atom. The van der Waals surface area contributed by atoms with Gasteiger partial charge in [0.1, 0.15) is 0 Å². The molecule has 21 heavy (non-hydrogen) atoms. The van der Waals surface area contributed by atoms with Gasteiger partial charge in [0.2, 0.25) is 5.95 Å². The van der Waals surface area contributed by atoms with E-state index in [9.17, 15) is 0 Å². The molecule has 0 aromatic carbocycles. The van der Waals surface area contributed by atoms with Crippen LogP contribution < -0.4 is 10.2 Å². The third kappa shape index (κ3) is 3.54. The standard InChI is InChI=1S/C17H28N4/c1-13-5-3-6-16(14(13)2)20-15-7-11-21(12-8-15)17-18-9-4-10-19-17/h4,9-10,13-16,20H,3,5-8,11-12H2,1-2H3. The van der Waals surface area contributed by atoms with Crippen molar-refractivity contribution in [3.05, 3.63) is 18.5 Å². The molecule has 3 unspecified atom stereocenters. The molecule has 1 aromatic rings. The molecule has 3 atom stereocenters. The highest BCUT2D eigenvalue weighted by atomic mass is 15.3. The highest BCUT2D eigenvalue weighted by Crippen LogP contribution is 2.30. The Morgan fingerprint density at radius 2 is 1.76 bits per heavy atom. The van der Waals surface area contributed by atoms with Gasteiger partial charge in [-0.3, -0.25) is 0 Å². The third-order valence-electron chi connectivity index (χ3n) is 5.49. The van der Waals surface area contributed by atoms with E-state index < -0.39 is 0 Å². The van der Waals surface area contributed by atoms with Crippen LogP contribution in [0.5, 0.6) is 0 Å². The summed E-state index contributed by atoms with van der Waals surface area (Å²) >= 11 is 0. The number of hydrogen-bond acceptors (Lipinski definition) is 4. The van der Waals surface area contributed by atoms with Crippen LogP contribution in [-0.4, -0.2) is 35.1 Å². The highest BCUT2D eigenvalue weighted by Gasteiger charge is 2.30. The Labute approximate surface area is 128 Å². The average molecular weight is 288 g/mol. The van der Waals surface area contributed by atoms with Crippen molar-refractivity contribution in [1.29, 1.82) is 0 Å². The van der Waals surface area contributed by atoms with E-state index in [2.05, 4.69) is 34.0 Å². The fourth-order valence-corrected chi connectivity index (χ4v) is 3.82. The maximum atomic E-state index is 4.36. The Morgan fingerprint density at radius 1 is 1.05 bits per heavy atom. The number of nitrogens with zero attached hydrogens (tertiary/aromatic N) is 3. The number of anilines is 1. The zero-order valence-corrected chi connectivity index (χ0v) is 13.3. The first-order valence-electron chi connectivity index (χ1n) is 8.52. The number of piperidine rings is 1. The second kappa shape index (κ2) is 6.73. The normalized spacial score (nSPS) is 31.3. The molecule has 2 aliphatic rings. The molecule has 1 saturated carbocycles. The van der Waals surface area contributed by atoms with Crippen molar-refractivity contribution in [2.75, 3.05) is 18.0 Å². The topological polar surface area (TPSA) is 41.0 Å². The monoisotopic (exact) mass is 288 g/mol. The molecule has 116 valence electrons. The summed E-state index contributed by atoms with van der Waals surface area (Å²) in [5.74, 6) is 2.57. The molecule has 2 heterocycles. The van der Waals surface area contributed by atoms with Crippen molar-refractivity contribution in [3.63, 3.8) is 0 Å². The first-order valence-corrected chi connectivity index (χ1v) is 8.52. The van der Waals surface area contributed by atoms with Crippen LogP contribution in [0.4, 0.5) is 5.95 Å². The summed E-state index contributed by atoms with van der Waals surface area (Å²) in [6.45, 7) is 6.97. The van der Waals surface area contributed by atoms with Crippen LogP contribution in [0.15, 0.2) is 18.5 Å². The summed E-state index contributed by atoms with van der Waals surface area (Å²) < 4.78 is 0. The van der Waals surface area contributed by atoms with Crippen LogP contribution in [0.2, 0.25) is 0 Å². The predicted molar refractivity (Wildman–Crippen MR) is 86.4 cm³/mol. The summed E-state index contributed by atoms with van der Waals surface area (Å²) in [6, 6.07) is 3.27. The van der Waals surface area contributed by atoms with Gasteiger partial charge in [0, 0.05) is 37.6 Å². The smallest absolute Gasteiger partial charge is 0.225 e. The molecule has 1 saturated heterocycles. The number of hydrogen-bond donors (Lipinski definition) is 1. The molecule has 0 radical (unpaired) electrons. The fraction of sp³-hybridized carbons (Fsp3) is 0.765. The Hall–Kier alpha value is -1.16. The molecule has 4 nitrogen and oxygen atoms in total. The molecule has 1 aliphatic carbocycles. The Balaban J connectivity index is 1.50. The van der Waals surface area contributed by atoms with E-state index in [0.717, 1.165) is 36.9 Å². The lowest BCUT2D eigenvalue weighted by atomic mass is 9.77. The van der Waals surface area contributed by atoms with E-state index >= 15 is 0 Å². The lowest BCUT2D eigenvalue weighted by molar-refractivity contribution is 0.186. The maximum Gasteiger partial charge on any atom is 0.225 e. The van der Waals surface area contributed by atoms with Gasteiger partial charge in [-0.15, -0.1) is 0 Å². The van der Waals surface area contributed by atoms with Crippen molar-refractivity contribution in [2.24, 2.45) is 11.8 Å². The molecule has 0 bridgehead atoms. The summed E-state index contributed by atoms with van der Waals surface area (Å²) in [7, 11) is 0. The molecule has 3 rings (SSSR count). The Kier molecular flexibility index (Phi) is 4.73. The SMILES string of the molecule is CC1CCCC(NC2CCN(c3ncccn3)CC2)C1C. The summed E-state index contributed by atoms with van der Waals surface area (Å²) in [5, 5.41) is 3.94. The molecular weight excluding hydrogens is 260 g/mol. The molecule has 0 amide bonds. The lowest BCUT2D eigenvalue weighted by Crippen LogP contribution is -2.50. The summed E-state index contributed by atoms with van der Waals surface area (Å²) in [6.07, 6.45) is 10.2. The molecule has 4 heteroatoms. The van der Waals surface area contributed by atoms with Gasteiger partial charge < -0.3 is 10.2 Å². The maximum absolute atomic E-state index is 4.36. The minimum absolute atomic E-state index is 0.669. The van der Waals surface area contributed by atoms with E-state index in [1.165, 1.54) is 32.1 Å². The van der Waals surface area contributed by atoms with Crippen molar-refractivity contribution in [2.45, 2.75) is 58.0 Å². The first kappa shape index (κ1) is 14.8. The van der Waals surface area contributed by atoms with Gasteiger partial charge >= 0.3 is 0 Å². The summed E-state index contributed by atoms with van der Waals surface area (Å²) in [5.41, 5.74) is 0. The van der Waals surface area contributed by atoms with Crippen molar-refractivity contribution >= 4 is 5.95 Å². The molecule has 1 aromatic heterocycles. The van der Waals surface area contributed by atoms with Gasteiger partial charge in [-0.1, -0.05) is 26.7 Å². The minimum atomic E-state index is 0.669. The van der Waals surface area contributed by atoms with E-state index in [1.807, 2.05) is 18.5 Å². The Bertz CT molecular complexity index is 428. The highest BCUT2D eigenvalue weighted by molar-refractivity contribution is 5.29. The zero-order valence-electron chi connectivity index (χ0n) is 13.3. The lowest BCUT2D eigenvalue weighted by Gasteiger charge is -2.40. The number of aromatic nitrogens is 2. The van der Waals surface area contributed by atoms with Gasteiger partial charge in [0.05, 0.1) is 0 Å². The quantitative estimate of drug-likeness (QED) is 0.928. The third-order valence-corrected chi connectivity index (χ3v) is 5.49. The molecular formula is C17H28N4. The zero-order chi connectivity index (χ0) is 14.7. The van der Waals surface area contributed by atoms with Crippen molar-refractivity contribution in [1.82, 2.24) is 15.3 Å². The van der Waals surface area contributed by atoms with Gasteiger partial charge in [0.15, 0.2) is 0 Å². The predicted octanol–water partition coefficient (Wildman–Crippen LogP) is 2.86. The van der Waals surface area contributed by atoms with E-state index in [4.69, 9.17) is 0 Å². The molecule has 1 N–H and O–H groups in total. The fourth-order valence-electron chi connectivity index (χ4n) is 3.82. The largest absolute Gasteiger partial charge is 0.341 e. The van der Waals surface area contributed by atoms with Crippen LogP contribution >= 0.6 is 0 Å². The van der Waals surface area contributed by atoms with Crippen LogP contribution in [-0.2, 0) is 0 Å². The molecule has 0 spiro atoms. The van der Waals surface area contributed by atoms with Crippen LogP contribution in [0, 0.1) is 11.8 Å². The van der Waals surface area contributed by atoms with Crippen LogP contribution in [0.1, 0.15) is 46.0 Å². The van der Waals surface area contributed by atoms with Gasteiger partial charge in [0.25, 0.3) is 0 Å². The number of rotatable bonds is 3. The van der Waals surface area contributed by atoms with Gasteiger partial charge in [-0.25, -0.2) is 9.97 Å². The van der Waals surface area contributed by atoms with E-state index in [0.29, 0.717) is 6.04 Å². The summed E-state index contributed by atoms with van der Waals surface area (Å²) in [4.78, 5) is 11.0. The van der Waals surface area contributed by atoms with Gasteiger partial charge in [-0.05, 0) is 37.2 Å². The average Bonchev–Trinajstić information content (AvgIpc) is 2.53. The van der Waals surface area contributed by atoms with Crippen molar-refractivity contribution in [3.8, 4) is 0 Å². The van der Waals surface area contributed by atoms with Gasteiger partial charge in [-0.2, -0.15) is 0 Å². The second-order valence-corrected chi connectivity index (χ2v) is 6.85. The number of nitrogens with one attached hydrogen (secondary N) is 1. The van der Waals surface area contributed by atoms with Crippen molar-refractivity contribution < 1.29 is 0 Å². The molecule has 2 fully saturated rings. The van der Waals surface area contributed by atoms with Crippen LogP contribution in [0.25, 0.3) is 0 Å². The second-order valence-electron chi connectivity index (χ2n) is 6.85.